The van der Waals surface area contributed by atoms with Crippen molar-refractivity contribution in [3.05, 3.63) is 100 Å². The maximum atomic E-state index is 13.4. The highest BCUT2D eigenvalue weighted by molar-refractivity contribution is 6.46. The van der Waals surface area contributed by atoms with Gasteiger partial charge < -0.3 is 24.2 Å². The molecule has 4 rings (SSSR count). The second kappa shape index (κ2) is 11.9. The van der Waals surface area contributed by atoms with Gasteiger partial charge in [-0.2, -0.15) is 0 Å². The van der Waals surface area contributed by atoms with Gasteiger partial charge in [0.1, 0.15) is 17.3 Å². The number of ketones is 1. The molecule has 0 bridgehead atoms. The second-order valence-corrected chi connectivity index (χ2v) is 9.24. The van der Waals surface area contributed by atoms with Crippen LogP contribution in [0.25, 0.3) is 5.76 Å². The van der Waals surface area contributed by atoms with E-state index in [4.69, 9.17) is 14.2 Å². The number of carbonyl (C=O) groups excluding carboxylic acids is 3. The summed E-state index contributed by atoms with van der Waals surface area (Å²) in [7, 11) is 2.96. The van der Waals surface area contributed by atoms with E-state index in [1.165, 1.54) is 19.1 Å². The number of ether oxygens (including phenoxy) is 3. The Labute approximate surface area is 227 Å². The van der Waals surface area contributed by atoms with E-state index in [9.17, 15) is 19.5 Å². The molecule has 1 fully saturated rings. The van der Waals surface area contributed by atoms with Crippen LogP contribution >= 0.6 is 0 Å². The van der Waals surface area contributed by atoms with Gasteiger partial charge in [-0.15, -0.1) is 0 Å². The van der Waals surface area contributed by atoms with Gasteiger partial charge in [-0.3, -0.25) is 9.59 Å². The lowest BCUT2D eigenvalue weighted by Crippen LogP contribution is -2.29. The van der Waals surface area contributed by atoms with E-state index in [0.717, 1.165) is 12.0 Å². The summed E-state index contributed by atoms with van der Waals surface area (Å²) in [6, 6.07) is 18.2. The van der Waals surface area contributed by atoms with Crippen LogP contribution in [0.1, 0.15) is 52.0 Å². The van der Waals surface area contributed by atoms with Crippen molar-refractivity contribution in [2.45, 2.75) is 32.9 Å². The summed E-state index contributed by atoms with van der Waals surface area (Å²) < 4.78 is 15.9. The molecule has 0 radical (unpaired) electrons. The average Bonchev–Trinajstić information content (AvgIpc) is 3.20. The molecule has 1 atom stereocenters. The van der Waals surface area contributed by atoms with Crippen molar-refractivity contribution < 1.29 is 33.7 Å². The molecule has 1 amide bonds. The minimum Gasteiger partial charge on any atom is -0.507 e. The predicted molar refractivity (Wildman–Crippen MR) is 146 cm³/mol. The van der Waals surface area contributed by atoms with Crippen LogP contribution in [-0.4, -0.2) is 48.5 Å². The molecule has 0 aromatic heterocycles. The van der Waals surface area contributed by atoms with E-state index in [0.29, 0.717) is 34.8 Å². The smallest absolute Gasteiger partial charge is 0.338 e. The molecule has 3 aromatic rings. The first kappa shape index (κ1) is 27.4. The van der Waals surface area contributed by atoms with Gasteiger partial charge >= 0.3 is 5.97 Å². The summed E-state index contributed by atoms with van der Waals surface area (Å²) in [5.41, 5.74) is 2.97. The average molecular weight is 530 g/mol. The minimum atomic E-state index is -0.842. The molecule has 0 aliphatic carbocycles. The van der Waals surface area contributed by atoms with Crippen molar-refractivity contribution in [1.82, 2.24) is 4.90 Å². The van der Waals surface area contributed by atoms with Gasteiger partial charge in [0, 0.05) is 12.6 Å². The number of Topliss-reactive ketones (excluding diaryl/α,β-unsaturated/α-hetero) is 1. The fourth-order valence-electron chi connectivity index (χ4n) is 4.59. The van der Waals surface area contributed by atoms with Crippen LogP contribution in [0.5, 0.6) is 11.5 Å². The Morgan fingerprint density at radius 1 is 0.974 bits per heavy atom. The van der Waals surface area contributed by atoms with Crippen molar-refractivity contribution in [3.63, 3.8) is 0 Å². The van der Waals surface area contributed by atoms with Gasteiger partial charge in [0.2, 0.25) is 0 Å². The minimum absolute atomic E-state index is 0.0335. The van der Waals surface area contributed by atoms with Crippen molar-refractivity contribution in [2.75, 3.05) is 20.8 Å². The lowest BCUT2D eigenvalue weighted by atomic mass is 9.94. The second-order valence-electron chi connectivity index (χ2n) is 9.24. The lowest BCUT2D eigenvalue weighted by molar-refractivity contribution is -0.140. The molecular weight excluding hydrogens is 498 g/mol. The van der Waals surface area contributed by atoms with Crippen LogP contribution in [0.2, 0.25) is 0 Å². The van der Waals surface area contributed by atoms with E-state index in [2.05, 4.69) is 0 Å². The summed E-state index contributed by atoms with van der Waals surface area (Å²) in [5, 5.41) is 11.4. The number of aliphatic hydroxyl groups is 1. The Bertz CT molecular complexity index is 1430. The zero-order valence-corrected chi connectivity index (χ0v) is 22.4. The SMILES string of the molecule is CCCOC(=O)c1ccc(CN2C(=O)C(=O)/C(=C(\O)c3ccc(OC)cc3OC)C2c2cccc(C)c2)cc1. The Morgan fingerprint density at radius 2 is 1.72 bits per heavy atom. The number of rotatable bonds is 9. The first-order valence-electron chi connectivity index (χ1n) is 12.6. The fraction of sp³-hybridized carbons (Fsp3) is 0.258. The summed E-state index contributed by atoms with van der Waals surface area (Å²) in [5.74, 6) is -1.47. The molecular formula is C31H31NO7. The predicted octanol–water partition coefficient (Wildman–Crippen LogP) is 5.20. The van der Waals surface area contributed by atoms with E-state index in [1.807, 2.05) is 38.1 Å². The zero-order chi connectivity index (χ0) is 28.1. The van der Waals surface area contributed by atoms with Gasteiger partial charge in [0.15, 0.2) is 0 Å². The Morgan fingerprint density at radius 3 is 2.36 bits per heavy atom. The van der Waals surface area contributed by atoms with Crippen molar-refractivity contribution >= 4 is 23.4 Å². The molecule has 8 nitrogen and oxygen atoms in total. The molecule has 0 spiro atoms. The molecule has 1 aliphatic rings. The Kier molecular flexibility index (Phi) is 8.34. The van der Waals surface area contributed by atoms with Crippen LogP contribution in [0.4, 0.5) is 0 Å². The van der Waals surface area contributed by atoms with Gasteiger partial charge in [-0.1, -0.05) is 48.9 Å². The highest BCUT2D eigenvalue weighted by Crippen LogP contribution is 2.42. The van der Waals surface area contributed by atoms with Crippen LogP contribution in [0.3, 0.4) is 0 Å². The molecule has 1 heterocycles. The maximum absolute atomic E-state index is 13.4. The first-order chi connectivity index (χ1) is 18.8. The van der Waals surface area contributed by atoms with Crippen molar-refractivity contribution in [1.29, 1.82) is 0 Å². The maximum Gasteiger partial charge on any atom is 0.338 e. The molecule has 3 aromatic carbocycles. The third-order valence-electron chi connectivity index (χ3n) is 6.54. The topological polar surface area (TPSA) is 102 Å². The summed E-state index contributed by atoms with van der Waals surface area (Å²) in [6.07, 6.45) is 0.723. The monoisotopic (exact) mass is 529 g/mol. The lowest BCUT2D eigenvalue weighted by Gasteiger charge is -2.26. The molecule has 8 heteroatoms. The third-order valence-corrected chi connectivity index (χ3v) is 6.54. The van der Waals surface area contributed by atoms with Crippen molar-refractivity contribution in [3.8, 4) is 11.5 Å². The number of aliphatic hydroxyl groups excluding tert-OH is 1. The van der Waals surface area contributed by atoms with Gasteiger partial charge in [0.05, 0.1) is 43.6 Å². The molecule has 39 heavy (non-hydrogen) atoms. The van der Waals surface area contributed by atoms with Crippen LogP contribution in [0, 0.1) is 6.92 Å². The fourth-order valence-corrected chi connectivity index (χ4v) is 4.59. The third kappa shape index (κ3) is 5.65. The highest BCUT2D eigenvalue weighted by atomic mass is 16.5. The molecule has 1 N–H and O–H groups in total. The van der Waals surface area contributed by atoms with Crippen molar-refractivity contribution in [2.24, 2.45) is 0 Å². The number of benzene rings is 3. The standard InChI is InChI=1S/C31H31NO7/c1-5-15-39-31(36)21-11-9-20(10-12-21)18-32-27(22-8-6-7-19(2)16-22)26(29(34)30(32)35)28(33)24-14-13-23(37-3)17-25(24)38-4/h6-14,16-17,27,33H,5,15,18H2,1-4H3/b28-26-. The Hall–Kier alpha value is -4.59. The van der Waals surface area contributed by atoms with E-state index < -0.39 is 23.7 Å². The number of nitrogens with zero attached hydrogens (tertiary/aromatic N) is 1. The van der Waals surface area contributed by atoms with E-state index in [1.54, 1.807) is 42.5 Å². The van der Waals surface area contributed by atoms with Gasteiger partial charge in [0.25, 0.3) is 11.7 Å². The number of esters is 1. The number of hydrogen-bond donors (Lipinski definition) is 1. The largest absolute Gasteiger partial charge is 0.507 e. The number of carbonyl (C=O) groups is 3. The van der Waals surface area contributed by atoms with Crippen LogP contribution in [0.15, 0.2) is 72.3 Å². The number of amides is 1. The quantitative estimate of drug-likeness (QED) is 0.176. The van der Waals surface area contributed by atoms with Crippen LogP contribution in [-0.2, 0) is 20.9 Å². The molecule has 1 aliphatic heterocycles. The van der Waals surface area contributed by atoms with E-state index in [-0.39, 0.29) is 23.4 Å². The summed E-state index contributed by atoms with van der Waals surface area (Å²) in [6.45, 7) is 4.25. The normalized spacial score (nSPS) is 16.3. The number of likely N-dealkylation sites (tertiary alicyclic amines) is 1. The molecule has 0 saturated carbocycles. The number of methoxy groups -OCH3 is 2. The molecule has 1 saturated heterocycles. The van der Waals surface area contributed by atoms with Gasteiger partial charge in [-0.25, -0.2) is 4.79 Å². The summed E-state index contributed by atoms with van der Waals surface area (Å²) in [4.78, 5) is 40.4. The zero-order valence-electron chi connectivity index (χ0n) is 22.4. The van der Waals surface area contributed by atoms with E-state index >= 15 is 0 Å². The van der Waals surface area contributed by atoms with Crippen LogP contribution < -0.4 is 9.47 Å². The van der Waals surface area contributed by atoms with Gasteiger partial charge in [-0.05, 0) is 48.7 Å². The molecule has 202 valence electrons. The number of aryl methyl sites for hydroxylation is 1. The highest BCUT2D eigenvalue weighted by Gasteiger charge is 2.46. The molecule has 1 unspecified atom stereocenters. The Balaban J connectivity index is 1.77. The first-order valence-corrected chi connectivity index (χ1v) is 12.6. The number of hydrogen-bond acceptors (Lipinski definition) is 7. The summed E-state index contributed by atoms with van der Waals surface area (Å²) >= 11 is 0.